The van der Waals surface area contributed by atoms with Gasteiger partial charge >= 0.3 is 0 Å². The van der Waals surface area contributed by atoms with Crippen LogP contribution in [0.1, 0.15) is 13.3 Å². The highest BCUT2D eigenvalue weighted by molar-refractivity contribution is 5.93. The van der Waals surface area contributed by atoms with E-state index in [-0.39, 0.29) is 12.3 Å². The van der Waals surface area contributed by atoms with Crippen molar-refractivity contribution in [3.8, 4) is 0 Å². The summed E-state index contributed by atoms with van der Waals surface area (Å²) in [5.41, 5.74) is 9.65. The lowest BCUT2D eigenvalue weighted by Gasteiger charge is -2.39. The van der Waals surface area contributed by atoms with Crippen molar-refractivity contribution >= 4 is 17.7 Å². The van der Waals surface area contributed by atoms with Gasteiger partial charge in [0.05, 0.1) is 11.3 Å². The number of nitrogens with zero attached hydrogens (tertiary/aromatic N) is 1. The van der Waals surface area contributed by atoms with Gasteiger partial charge in [-0.1, -0.05) is 31.2 Å². The Morgan fingerprint density at radius 3 is 2.30 bits per heavy atom. The highest BCUT2D eigenvalue weighted by Crippen LogP contribution is 2.42. The summed E-state index contributed by atoms with van der Waals surface area (Å²) < 4.78 is 0. The predicted molar refractivity (Wildman–Crippen MR) is 75.1 cm³/mol. The maximum atomic E-state index is 12.0. The van der Waals surface area contributed by atoms with Crippen molar-refractivity contribution in [2.75, 3.05) is 14.1 Å². The highest BCUT2D eigenvalue weighted by atomic mass is 16.2. The predicted octanol–water partition coefficient (Wildman–Crippen LogP) is -0.200. The molecule has 0 aromatic carbocycles. The zero-order valence-corrected chi connectivity index (χ0v) is 12.0. The van der Waals surface area contributed by atoms with E-state index in [9.17, 15) is 14.4 Å². The van der Waals surface area contributed by atoms with E-state index in [4.69, 9.17) is 11.5 Å². The third-order valence-corrected chi connectivity index (χ3v) is 3.83. The first-order valence-electron chi connectivity index (χ1n) is 6.38. The highest BCUT2D eigenvalue weighted by Gasteiger charge is 2.49. The van der Waals surface area contributed by atoms with Gasteiger partial charge in [0.1, 0.15) is 0 Å². The van der Waals surface area contributed by atoms with Gasteiger partial charge in [-0.15, -0.1) is 0 Å². The van der Waals surface area contributed by atoms with Crippen molar-refractivity contribution in [3.63, 3.8) is 0 Å². The average Bonchev–Trinajstić information content (AvgIpc) is 2.37. The summed E-state index contributed by atoms with van der Waals surface area (Å²) >= 11 is 0. The van der Waals surface area contributed by atoms with Crippen molar-refractivity contribution in [1.82, 2.24) is 4.90 Å². The largest absolute Gasteiger partial charge is 0.369 e. The molecule has 6 nitrogen and oxygen atoms in total. The van der Waals surface area contributed by atoms with E-state index in [1.165, 1.54) is 4.90 Å². The van der Waals surface area contributed by atoms with E-state index >= 15 is 0 Å². The molecule has 6 heteroatoms. The molecule has 0 radical (unpaired) electrons. The molecule has 0 saturated carbocycles. The number of hydrogen-bond donors (Lipinski definition) is 2. The van der Waals surface area contributed by atoms with Gasteiger partial charge in [0, 0.05) is 20.5 Å². The number of nitrogens with two attached hydrogens (primary N) is 2. The maximum Gasteiger partial charge on any atom is 0.228 e. The Morgan fingerprint density at radius 1 is 1.25 bits per heavy atom. The number of rotatable bonds is 5. The summed E-state index contributed by atoms with van der Waals surface area (Å²) in [5.74, 6) is -2.69. The Bertz CT molecular complexity index is 482. The molecule has 110 valence electrons. The minimum Gasteiger partial charge on any atom is -0.369 e. The molecule has 0 aliphatic heterocycles. The number of allylic oxidation sites excluding steroid dienone is 2. The van der Waals surface area contributed by atoms with E-state index in [0.717, 1.165) is 0 Å². The second-order valence-electron chi connectivity index (χ2n) is 5.31. The third-order valence-electron chi connectivity index (χ3n) is 3.83. The fraction of sp³-hybridized carbons (Fsp3) is 0.500. The average molecular weight is 279 g/mol. The molecule has 0 spiro atoms. The van der Waals surface area contributed by atoms with E-state index < -0.39 is 29.1 Å². The molecule has 20 heavy (non-hydrogen) atoms. The zero-order valence-electron chi connectivity index (χ0n) is 12.0. The quantitative estimate of drug-likeness (QED) is 0.727. The van der Waals surface area contributed by atoms with Crippen molar-refractivity contribution in [2.45, 2.75) is 13.3 Å². The number of hydrogen-bond acceptors (Lipinski definition) is 3. The molecule has 3 unspecified atom stereocenters. The number of carbonyl (C=O) groups is 3. The second kappa shape index (κ2) is 5.90. The first kappa shape index (κ1) is 15.9. The van der Waals surface area contributed by atoms with Crippen molar-refractivity contribution in [1.29, 1.82) is 0 Å². The molecule has 0 saturated heterocycles. The minimum absolute atomic E-state index is 0.109. The summed E-state index contributed by atoms with van der Waals surface area (Å²) in [4.78, 5) is 36.9. The molecule has 3 atom stereocenters. The standard InChI is InChI=1S/C14H21N3O3/c1-9(8-11(18)17(2)3)14(13(16)20)7-5-4-6-10(14)12(15)19/h4-7,9-10H,8H2,1-3H3,(H2,15,19)(H2,16,20). The summed E-state index contributed by atoms with van der Waals surface area (Å²) in [6, 6.07) is 0. The van der Waals surface area contributed by atoms with Crippen LogP contribution in [0.15, 0.2) is 24.3 Å². The monoisotopic (exact) mass is 279 g/mol. The van der Waals surface area contributed by atoms with Gasteiger partial charge in [-0.05, 0) is 5.92 Å². The minimum atomic E-state index is -1.26. The zero-order chi connectivity index (χ0) is 15.5. The van der Waals surface area contributed by atoms with Crippen molar-refractivity contribution < 1.29 is 14.4 Å². The fourth-order valence-corrected chi connectivity index (χ4v) is 2.55. The summed E-state index contributed by atoms with van der Waals surface area (Å²) in [5, 5.41) is 0. The van der Waals surface area contributed by atoms with Gasteiger partial charge in [-0.3, -0.25) is 14.4 Å². The molecule has 0 aromatic rings. The molecule has 3 amide bonds. The topological polar surface area (TPSA) is 106 Å². The molecule has 0 aromatic heterocycles. The van der Waals surface area contributed by atoms with Crippen LogP contribution in [0.3, 0.4) is 0 Å². The molecular formula is C14H21N3O3. The van der Waals surface area contributed by atoms with Crippen LogP contribution in [-0.2, 0) is 14.4 Å². The van der Waals surface area contributed by atoms with Gasteiger partial charge in [-0.25, -0.2) is 0 Å². The number of carbonyl (C=O) groups excluding carboxylic acids is 3. The Morgan fingerprint density at radius 2 is 1.85 bits per heavy atom. The molecule has 1 aliphatic carbocycles. The number of amides is 3. The van der Waals surface area contributed by atoms with Gasteiger partial charge in [-0.2, -0.15) is 0 Å². The van der Waals surface area contributed by atoms with E-state index in [0.29, 0.717) is 0 Å². The number of primary amides is 2. The van der Waals surface area contributed by atoms with Crippen molar-refractivity contribution in [2.24, 2.45) is 28.7 Å². The van der Waals surface area contributed by atoms with E-state index in [2.05, 4.69) is 0 Å². The Hall–Kier alpha value is -2.11. The normalized spacial score (nSPS) is 26.1. The Kier molecular flexibility index (Phi) is 4.70. The van der Waals surface area contributed by atoms with Crippen LogP contribution in [-0.4, -0.2) is 36.7 Å². The molecule has 0 heterocycles. The van der Waals surface area contributed by atoms with Crippen LogP contribution in [0.4, 0.5) is 0 Å². The lowest BCUT2D eigenvalue weighted by molar-refractivity contribution is -0.139. The van der Waals surface area contributed by atoms with Gasteiger partial charge in [0.25, 0.3) is 0 Å². The fourth-order valence-electron chi connectivity index (χ4n) is 2.55. The lowest BCUT2D eigenvalue weighted by Crippen LogP contribution is -2.51. The summed E-state index contributed by atoms with van der Waals surface area (Å²) in [6.45, 7) is 1.73. The summed E-state index contributed by atoms with van der Waals surface area (Å²) in [7, 11) is 3.27. The first-order valence-corrected chi connectivity index (χ1v) is 6.38. The molecular weight excluding hydrogens is 258 g/mol. The Balaban J connectivity index is 3.17. The summed E-state index contributed by atoms with van der Waals surface area (Å²) in [6.07, 6.45) is 6.55. The molecule has 1 aliphatic rings. The van der Waals surface area contributed by atoms with E-state index in [1.54, 1.807) is 45.3 Å². The molecule has 4 N–H and O–H groups in total. The van der Waals surface area contributed by atoms with Gasteiger partial charge in [0.2, 0.25) is 17.7 Å². The SMILES string of the molecule is CC(CC(=O)N(C)C)C1(C(N)=O)C=CC=CC1C(N)=O. The smallest absolute Gasteiger partial charge is 0.228 e. The van der Waals surface area contributed by atoms with Crippen LogP contribution in [0.25, 0.3) is 0 Å². The lowest BCUT2D eigenvalue weighted by atomic mass is 9.63. The van der Waals surface area contributed by atoms with Crippen LogP contribution in [0.5, 0.6) is 0 Å². The third kappa shape index (κ3) is 2.74. The first-order chi connectivity index (χ1) is 9.23. The molecule has 0 fully saturated rings. The van der Waals surface area contributed by atoms with Crippen molar-refractivity contribution in [3.05, 3.63) is 24.3 Å². The van der Waals surface area contributed by atoms with Crippen LogP contribution >= 0.6 is 0 Å². The second-order valence-corrected chi connectivity index (χ2v) is 5.31. The van der Waals surface area contributed by atoms with E-state index in [1.807, 2.05) is 0 Å². The van der Waals surface area contributed by atoms with Crippen LogP contribution in [0.2, 0.25) is 0 Å². The molecule has 1 rings (SSSR count). The van der Waals surface area contributed by atoms with Gasteiger partial charge < -0.3 is 16.4 Å². The molecule has 0 bridgehead atoms. The van der Waals surface area contributed by atoms with Crippen LogP contribution < -0.4 is 11.5 Å². The Labute approximate surface area is 118 Å². The van der Waals surface area contributed by atoms with Gasteiger partial charge in [0.15, 0.2) is 0 Å². The van der Waals surface area contributed by atoms with Crippen LogP contribution in [0, 0.1) is 17.3 Å². The maximum absolute atomic E-state index is 12.0.